The van der Waals surface area contributed by atoms with Gasteiger partial charge in [0.05, 0.1) is 6.10 Å². The Labute approximate surface area is 117 Å². The summed E-state index contributed by atoms with van der Waals surface area (Å²) in [6.07, 6.45) is 3.72. The molecule has 1 aliphatic rings. The van der Waals surface area contributed by atoms with Crippen molar-refractivity contribution in [2.75, 3.05) is 19.7 Å². The zero-order chi connectivity index (χ0) is 14.5. The van der Waals surface area contributed by atoms with Crippen molar-refractivity contribution in [3.63, 3.8) is 0 Å². The Hall–Kier alpha value is -1.82. The van der Waals surface area contributed by atoms with E-state index in [1.165, 1.54) is 4.57 Å². The number of hydrogen-bond acceptors (Lipinski definition) is 3. The van der Waals surface area contributed by atoms with Crippen molar-refractivity contribution >= 4 is 11.9 Å². The Kier molecular flexibility index (Phi) is 4.79. The van der Waals surface area contributed by atoms with Crippen LogP contribution in [-0.4, -0.2) is 52.3 Å². The number of aromatic nitrogens is 1. The number of carboxylic acids is 1. The molecule has 1 saturated heterocycles. The molecule has 2 heterocycles. The molecule has 1 aliphatic heterocycles. The number of carbonyl (C=O) groups excluding carboxylic acids is 1. The molecule has 1 N–H and O–H groups in total. The van der Waals surface area contributed by atoms with Gasteiger partial charge in [0.1, 0.15) is 12.2 Å². The van der Waals surface area contributed by atoms with Gasteiger partial charge in [0, 0.05) is 25.9 Å². The van der Waals surface area contributed by atoms with Crippen molar-refractivity contribution in [1.29, 1.82) is 0 Å². The number of carboxylic acid groups (broad SMARTS) is 1. The van der Waals surface area contributed by atoms with Crippen LogP contribution in [0, 0.1) is 0 Å². The fourth-order valence-corrected chi connectivity index (χ4v) is 2.44. The van der Waals surface area contributed by atoms with Crippen LogP contribution < -0.4 is 0 Å². The average molecular weight is 280 g/mol. The normalized spacial score (nSPS) is 18.1. The fraction of sp³-hybridized carbons (Fsp3) is 0.571. The predicted octanol–water partition coefficient (Wildman–Crippen LogP) is 1.21. The summed E-state index contributed by atoms with van der Waals surface area (Å²) in [6, 6.07) is 3.35. The summed E-state index contributed by atoms with van der Waals surface area (Å²) < 4.78 is 7.01. The first-order chi connectivity index (χ1) is 9.61. The lowest BCUT2D eigenvalue weighted by atomic mass is 10.2. The number of carbonyl (C=O) groups is 2. The maximum atomic E-state index is 12.5. The van der Waals surface area contributed by atoms with Gasteiger partial charge in [-0.05, 0) is 31.9 Å². The number of nitrogens with zero attached hydrogens (tertiary/aromatic N) is 2. The van der Waals surface area contributed by atoms with Crippen molar-refractivity contribution in [3.05, 3.63) is 24.0 Å². The van der Waals surface area contributed by atoms with Crippen molar-refractivity contribution in [2.24, 2.45) is 0 Å². The highest BCUT2D eigenvalue weighted by atomic mass is 16.5. The monoisotopic (exact) mass is 280 g/mol. The van der Waals surface area contributed by atoms with Crippen molar-refractivity contribution in [2.45, 2.75) is 32.4 Å². The third-order valence-corrected chi connectivity index (χ3v) is 3.47. The van der Waals surface area contributed by atoms with Gasteiger partial charge in [-0.1, -0.05) is 0 Å². The lowest BCUT2D eigenvalue weighted by Crippen LogP contribution is -2.38. The second-order valence-electron chi connectivity index (χ2n) is 4.89. The molecule has 1 aromatic rings. The van der Waals surface area contributed by atoms with Gasteiger partial charge in [0.2, 0.25) is 0 Å². The third kappa shape index (κ3) is 3.39. The van der Waals surface area contributed by atoms with E-state index in [0.29, 0.717) is 18.8 Å². The highest BCUT2D eigenvalue weighted by Crippen LogP contribution is 2.15. The van der Waals surface area contributed by atoms with Crippen LogP contribution in [0.25, 0.3) is 0 Å². The standard InChI is InChI=1S/C14H20N2O4/c1-2-15(9-11-5-4-8-20-11)14(19)12-6-3-7-16(12)10-13(17)18/h3,6-7,11H,2,4-5,8-10H2,1H3,(H,17,18). The molecule has 0 saturated carbocycles. The topological polar surface area (TPSA) is 71.8 Å². The average Bonchev–Trinajstić information content (AvgIpc) is 3.05. The largest absolute Gasteiger partial charge is 0.480 e. The summed E-state index contributed by atoms with van der Waals surface area (Å²) >= 11 is 0. The van der Waals surface area contributed by atoms with Gasteiger partial charge in [-0.25, -0.2) is 0 Å². The highest BCUT2D eigenvalue weighted by Gasteiger charge is 2.24. The second-order valence-corrected chi connectivity index (χ2v) is 4.89. The van der Waals surface area contributed by atoms with E-state index >= 15 is 0 Å². The number of ether oxygens (including phenoxy) is 1. The number of rotatable bonds is 6. The van der Waals surface area contributed by atoms with E-state index in [0.717, 1.165) is 19.4 Å². The van der Waals surface area contributed by atoms with Crippen LogP contribution in [0.3, 0.4) is 0 Å². The summed E-state index contributed by atoms with van der Waals surface area (Å²) in [5.41, 5.74) is 0.409. The van der Waals surface area contributed by atoms with Crippen molar-refractivity contribution in [3.8, 4) is 0 Å². The molecular weight excluding hydrogens is 260 g/mol. The Morgan fingerprint density at radius 3 is 2.95 bits per heavy atom. The zero-order valence-corrected chi connectivity index (χ0v) is 11.6. The van der Waals surface area contributed by atoms with E-state index in [4.69, 9.17) is 9.84 Å². The van der Waals surface area contributed by atoms with E-state index in [-0.39, 0.29) is 18.6 Å². The summed E-state index contributed by atoms with van der Waals surface area (Å²) in [6.45, 7) is 3.61. The molecule has 0 aliphatic carbocycles. The third-order valence-electron chi connectivity index (χ3n) is 3.47. The van der Waals surface area contributed by atoms with Gasteiger partial charge in [-0.15, -0.1) is 0 Å². The minimum atomic E-state index is -0.961. The quantitative estimate of drug-likeness (QED) is 0.850. The minimum absolute atomic E-state index is 0.0989. The fourth-order valence-electron chi connectivity index (χ4n) is 2.44. The molecule has 0 spiro atoms. The van der Waals surface area contributed by atoms with Gasteiger partial charge in [-0.2, -0.15) is 0 Å². The summed E-state index contributed by atoms with van der Waals surface area (Å²) in [5, 5.41) is 8.85. The lowest BCUT2D eigenvalue weighted by Gasteiger charge is -2.24. The number of amides is 1. The molecule has 20 heavy (non-hydrogen) atoms. The summed E-state index contributed by atoms with van der Waals surface area (Å²) in [7, 11) is 0. The van der Waals surface area contributed by atoms with Crippen LogP contribution >= 0.6 is 0 Å². The van der Waals surface area contributed by atoms with E-state index in [2.05, 4.69) is 0 Å². The molecule has 2 rings (SSSR count). The first-order valence-electron chi connectivity index (χ1n) is 6.89. The number of likely N-dealkylation sites (N-methyl/N-ethyl adjacent to an activating group) is 1. The van der Waals surface area contributed by atoms with Gasteiger partial charge in [0.15, 0.2) is 0 Å². The maximum Gasteiger partial charge on any atom is 0.323 e. The molecule has 1 unspecified atom stereocenters. The number of aliphatic carboxylic acids is 1. The molecule has 0 radical (unpaired) electrons. The van der Waals surface area contributed by atoms with Gasteiger partial charge in [0.25, 0.3) is 5.91 Å². The molecule has 1 amide bonds. The Morgan fingerprint density at radius 2 is 2.35 bits per heavy atom. The van der Waals surface area contributed by atoms with Gasteiger partial charge in [-0.3, -0.25) is 9.59 Å². The Bertz CT molecular complexity index is 477. The molecule has 0 bridgehead atoms. The molecule has 1 aromatic heterocycles. The molecule has 0 aromatic carbocycles. The molecule has 6 nitrogen and oxygen atoms in total. The van der Waals surface area contributed by atoms with Crippen LogP contribution in [-0.2, 0) is 16.1 Å². The molecule has 1 fully saturated rings. The van der Waals surface area contributed by atoms with Crippen LogP contribution in [0.1, 0.15) is 30.3 Å². The first kappa shape index (κ1) is 14.6. The van der Waals surface area contributed by atoms with Crippen LogP contribution in [0.4, 0.5) is 0 Å². The lowest BCUT2D eigenvalue weighted by molar-refractivity contribution is -0.137. The predicted molar refractivity (Wildman–Crippen MR) is 72.6 cm³/mol. The number of hydrogen-bond donors (Lipinski definition) is 1. The molecule has 110 valence electrons. The van der Waals surface area contributed by atoms with Crippen molar-refractivity contribution < 1.29 is 19.4 Å². The summed E-state index contributed by atoms with van der Waals surface area (Å²) in [4.78, 5) is 25.0. The zero-order valence-electron chi connectivity index (χ0n) is 11.6. The molecule has 6 heteroatoms. The van der Waals surface area contributed by atoms with Gasteiger partial charge < -0.3 is 19.3 Å². The maximum absolute atomic E-state index is 12.5. The Morgan fingerprint density at radius 1 is 1.55 bits per heavy atom. The van der Waals surface area contributed by atoms with E-state index in [1.54, 1.807) is 23.2 Å². The first-order valence-corrected chi connectivity index (χ1v) is 6.89. The van der Waals surface area contributed by atoms with Crippen molar-refractivity contribution in [1.82, 2.24) is 9.47 Å². The summed E-state index contributed by atoms with van der Waals surface area (Å²) in [5.74, 6) is -1.10. The van der Waals surface area contributed by atoms with E-state index < -0.39 is 5.97 Å². The smallest absolute Gasteiger partial charge is 0.323 e. The SMILES string of the molecule is CCN(CC1CCCO1)C(=O)c1cccn1CC(=O)O. The van der Waals surface area contributed by atoms with Crippen LogP contribution in [0.15, 0.2) is 18.3 Å². The molecule has 1 atom stereocenters. The Balaban J connectivity index is 2.07. The minimum Gasteiger partial charge on any atom is -0.480 e. The molecular formula is C14H20N2O4. The second kappa shape index (κ2) is 6.56. The van der Waals surface area contributed by atoms with Crippen LogP contribution in [0.5, 0.6) is 0 Å². The highest BCUT2D eigenvalue weighted by molar-refractivity contribution is 5.93. The van der Waals surface area contributed by atoms with E-state index in [9.17, 15) is 9.59 Å². The van der Waals surface area contributed by atoms with Gasteiger partial charge >= 0.3 is 5.97 Å². The van der Waals surface area contributed by atoms with Crippen LogP contribution in [0.2, 0.25) is 0 Å². The van der Waals surface area contributed by atoms with E-state index in [1.807, 2.05) is 6.92 Å².